The molecule has 0 bridgehead atoms. The minimum absolute atomic E-state index is 0.0197. The summed E-state index contributed by atoms with van der Waals surface area (Å²) < 4.78 is 34.7. The van der Waals surface area contributed by atoms with Crippen molar-refractivity contribution in [1.82, 2.24) is 9.97 Å². The van der Waals surface area contributed by atoms with Gasteiger partial charge in [0.15, 0.2) is 23.0 Å². The van der Waals surface area contributed by atoms with Crippen LogP contribution in [0.25, 0.3) is 21.8 Å². The summed E-state index contributed by atoms with van der Waals surface area (Å²) in [6.07, 6.45) is 2.97. The van der Waals surface area contributed by atoms with Crippen LogP contribution >= 0.6 is 0 Å². The molecule has 0 saturated heterocycles. The molecule has 1 unspecified atom stereocenters. The Morgan fingerprint density at radius 3 is 1.45 bits per heavy atom. The molecular formula is C46H46N4O6. The molecule has 5 aromatic carbocycles. The highest BCUT2D eigenvalue weighted by molar-refractivity contribution is 5.89. The van der Waals surface area contributed by atoms with Crippen molar-refractivity contribution in [1.29, 1.82) is 0 Å². The molecule has 7 rings (SSSR count). The lowest BCUT2D eigenvalue weighted by Gasteiger charge is -2.32. The van der Waals surface area contributed by atoms with Crippen molar-refractivity contribution in [3.8, 4) is 46.0 Å². The zero-order chi connectivity index (χ0) is 39.4. The smallest absolute Gasteiger partial charge is 0.162 e. The molecule has 0 aliphatic rings. The first kappa shape index (κ1) is 37.8. The summed E-state index contributed by atoms with van der Waals surface area (Å²) in [5.74, 6) is 5.08. The second kappa shape index (κ2) is 16.1. The average molecular weight is 751 g/mol. The fourth-order valence-electron chi connectivity index (χ4n) is 6.60. The first-order valence-corrected chi connectivity index (χ1v) is 18.3. The third kappa shape index (κ3) is 7.97. The molecule has 0 amide bonds. The van der Waals surface area contributed by atoms with Crippen molar-refractivity contribution in [2.75, 3.05) is 33.3 Å². The summed E-state index contributed by atoms with van der Waals surface area (Å²) >= 11 is 0. The Morgan fingerprint density at radius 2 is 1.00 bits per heavy atom. The number of ether oxygens (including phenoxy) is 6. The van der Waals surface area contributed by atoms with Crippen molar-refractivity contribution < 1.29 is 28.4 Å². The first-order chi connectivity index (χ1) is 27.1. The van der Waals surface area contributed by atoms with Gasteiger partial charge < -0.3 is 39.1 Å². The number of nitrogens with zero attached hydrogens (tertiary/aromatic N) is 3. The van der Waals surface area contributed by atoms with E-state index in [9.17, 15) is 0 Å². The van der Waals surface area contributed by atoms with Crippen LogP contribution < -0.4 is 39.1 Å². The standard InChI is InChI=1S/C46H46N4O6/c1-46(2,3)31-12-14-32(15-13-31)50(28-29-8-16-33(17-9-29)55-39-20-22-48-37-26-43(53-6)41(51-4)24-35(37)39)45(47)30-10-18-34(19-11-30)56-40-21-23-49-38-27-44(54-7)42(52-5)25-36(38)40/h8-27,45H,28,47H2,1-7H3. The molecule has 10 heteroatoms. The lowest BCUT2D eigenvalue weighted by Crippen LogP contribution is -2.34. The molecule has 1 atom stereocenters. The molecule has 0 spiro atoms. The Labute approximate surface area is 327 Å². The van der Waals surface area contributed by atoms with Gasteiger partial charge in [-0.3, -0.25) is 9.97 Å². The fraction of sp³-hybridized carbons (Fsp3) is 0.217. The van der Waals surface area contributed by atoms with Gasteiger partial charge in [-0.2, -0.15) is 0 Å². The fourth-order valence-corrected chi connectivity index (χ4v) is 6.60. The normalized spacial score (nSPS) is 11.9. The monoisotopic (exact) mass is 750 g/mol. The van der Waals surface area contributed by atoms with Crippen LogP contribution in [0.15, 0.2) is 122 Å². The summed E-state index contributed by atoms with van der Waals surface area (Å²) in [7, 11) is 6.43. The van der Waals surface area contributed by atoms with Crippen LogP contribution in [0, 0.1) is 0 Å². The second-order valence-electron chi connectivity index (χ2n) is 14.4. The molecular weight excluding hydrogens is 705 g/mol. The summed E-state index contributed by atoms with van der Waals surface area (Å²) in [5.41, 5.74) is 12.9. The van der Waals surface area contributed by atoms with Crippen molar-refractivity contribution in [3.63, 3.8) is 0 Å². The molecule has 0 aliphatic carbocycles. The molecule has 10 nitrogen and oxygen atoms in total. The Balaban J connectivity index is 1.13. The number of nitrogens with two attached hydrogens (primary N) is 1. The van der Waals surface area contributed by atoms with Crippen LogP contribution in [0.2, 0.25) is 0 Å². The van der Waals surface area contributed by atoms with Gasteiger partial charge in [-0.05, 0) is 82.8 Å². The highest BCUT2D eigenvalue weighted by Gasteiger charge is 2.21. The number of rotatable bonds is 13. The summed E-state index contributed by atoms with van der Waals surface area (Å²) in [6.45, 7) is 7.19. The van der Waals surface area contributed by atoms with Crippen LogP contribution in [-0.2, 0) is 12.0 Å². The lowest BCUT2D eigenvalue weighted by atomic mass is 9.87. The number of anilines is 1. The maximum Gasteiger partial charge on any atom is 0.162 e. The van der Waals surface area contributed by atoms with Crippen LogP contribution in [-0.4, -0.2) is 38.4 Å². The van der Waals surface area contributed by atoms with Gasteiger partial charge in [0.25, 0.3) is 0 Å². The number of hydrogen-bond acceptors (Lipinski definition) is 10. The number of benzene rings is 5. The highest BCUT2D eigenvalue weighted by atomic mass is 16.5. The van der Waals surface area contributed by atoms with E-state index in [0.717, 1.165) is 38.6 Å². The minimum Gasteiger partial charge on any atom is -0.493 e. The SMILES string of the molecule is COc1cc2nccc(Oc3ccc(CN(c4ccc(C(C)(C)C)cc4)C(N)c4ccc(Oc5ccnc6cc(OC)c(OC)cc56)cc4)cc3)c2cc1OC. The van der Waals surface area contributed by atoms with Crippen LogP contribution in [0.5, 0.6) is 46.0 Å². The van der Waals surface area contributed by atoms with Crippen LogP contribution in [0.3, 0.4) is 0 Å². The van der Waals surface area contributed by atoms with Gasteiger partial charge in [-0.15, -0.1) is 0 Å². The summed E-state index contributed by atoms with van der Waals surface area (Å²) in [6, 6.07) is 35.7. The number of methoxy groups -OCH3 is 4. The Hall–Kier alpha value is -6.52. The molecule has 0 radical (unpaired) electrons. The molecule has 286 valence electrons. The maximum absolute atomic E-state index is 7.11. The van der Waals surface area contributed by atoms with E-state index >= 15 is 0 Å². The van der Waals surface area contributed by atoms with Gasteiger partial charge in [-0.25, -0.2) is 0 Å². The minimum atomic E-state index is -0.464. The summed E-state index contributed by atoms with van der Waals surface area (Å²) in [4.78, 5) is 11.2. The second-order valence-corrected chi connectivity index (χ2v) is 14.4. The number of fused-ring (bicyclic) bond motifs is 2. The number of pyridine rings is 2. The molecule has 0 aliphatic heterocycles. The van der Waals surface area contributed by atoms with Gasteiger partial charge in [0.05, 0.1) is 39.5 Å². The van der Waals surface area contributed by atoms with Crippen LogP contribution in [0.1, 0.15) is 43.6 Å². The van der Waals surface area contributed by atoms with E-state index in [1.165, 1.54) is 5.56 Å². The Kier molecular flexibility index (Phi) is 10.8. The lowest BCUT2D eigenvalue weighted by molar-refractivity contribution is 0.355. The molecule has 56 heavy (non-hydrogen) atoms. The van der Waals surface area contributed by atoms with Gasteiger partial charge in [0, 0.05) is 47.5 Å². The maximum atomic E-state index is 7.11. The van der Waals surface area contributed by atoms with Crippen molar-refractivity contribution in [2.24, 2.45) is 5.73 Å². The largest absolute Gasteiger partial charge is 0.493 e. The zero-order valence-corrected chi connectivity index (χ0v) is 32.7. The van der Waals surface area contributed by atoms with Crippen molar-refractivity contribution in [3.05, 3.63) is 138 Å². The van der Waals surface area contributed by atoms with Crippen LogP contribution in [0.4, 0.5) is 5.69 Å². The summed E-state index contributed by atoms with van der Waals surface area (Å²) in [5, 5.41) is 1.62. The van der Waals surface area contributed by atoms with E-state index in [-0.39, 0.29) is 5.41 Å². The molecule has 2 aromatic heterocycles. The van der Waals surface area contributed by atoms with E-state index in [0.29, 0.717) is 52.5 Å². The van der Waals surface area contributed by atoms with Crippen molar-refractivity contribution >= 4 is 27.5 Å². The molecule has 2 heterocycles. The molecule has 0 saturated carbocycles. The average Bonchev–Trinajstić information content (AvgIpc) is 3.22. The van der Waals surface area contributed by atoms with Gasteiger partial charge in [-0.1, -0.05) is 57.2 Å². The first-order valence-electron chi connectivity index (χ1n) is 18.3. The van der Waals surface area contributed by atoms with E-state index in [2.05, 4.69) is 72.0 Å². The Morgan fingerprint density at radius 1 is 0.554 bits per heavy atom. The number of aromatic nitrogens is 2. The van der Waals surface area contributed by atoms with E-state index in [1.807, 2.05) is 72.8 Å². The highest BCUT2D eigenvalue weighted by Crippen LogP contribution is 2.39. The van der Waals surface area contributed by atoms with E-state index in [1.54, 1.807) is 40.8 Å². The topological polar surface area (TPSA) is 110 Å². The Bertz CT molecular complexity index is 2450. The van der Waals surface area contributed by atoms with Crippen molar-refractivity contribution in [2.45, 2.75) is 38.9 Å². The third-order valence-electron chi connectivity index (χ3n) is 9.77. The predicted molar refractivity (Wildman–Crippen MR) is 221 cm³/mol. The quantitative estimate of drug-likeness (QED) is 0.114. The van der Waals surface area contributed by atoms with Gasteiger partial charge >= 0.3 is 0 Å². The van der Waals surface area contributed by atoms with Gasteiger partial charge in [0.1, 0.15) is 29.2 Å². The molecule has 2 N–H and O–H groups in total. The third-order valence-corrected chi connectivity index (χ3v) is 9.77. The number of hydrogen-bond donors (Lipinski definition) is 1. The van der Waals surface area contributed by atoms with E-state index in [4.69, 9.17) is 34.2 Å². The molecule has 7 aromatic rings. The van der Waals surface area contributed by atoms with Gasteiger partial charge in [0.2, 0.25) is 0 Å². The van der Waals surface area contributed by atoms with E-state index < -0.39 is 6.17 Å². The predicted octanol–water partition coefficient (Wildman–Crippen LogP) is 10.4. The zero-order valence-electron chi connectivity index (χ0n) is 32.7. The molecule has 0 fully saturated rings.